The molecule has 18 heavy (non-hydrogen) atoms. The molecule has 2 fully saturated rings. The lowest BCUT2D eigenvalue weighted by molar-refractivity contribution is -0.148. The first-order valence-electron chi connectivity index (χ1n) is 7.44. The van der Waals surface area contributed by atoms with Gasteiger partial charge in [-0.3, -0.25) is 9.59 Å². The van der Waals surface area contributed by atoms with Crippen molar-refractivity contribution >= 4 is 11.8 Å². The summed E-state index contributed by atoms with van der Waals surface area (Å²) in [6, 6.07) is 0. The molecule has 0 aromatic carbocycles. The van der Waals surface area contributed by atoms with Crippen LogP contribution in [0.5, 0.6) is 0 Å². The van der Waals surface area contributed by atoms with E-state index in [0.29, 0.717) is 18.8 Å². The molecule has 2 aliphatic carbocycles. The van der Waals surface area contributed by atoms with E-state index in [9.17, 15) is 14.7 Å². The molecule has 1 N–H and O–H groups in total. The third kappa shape index (κ3) is 3.33. The quantitative estimate of drug-likeness (QED) is 0.834. The summed E-state index contributed by atoms with van der Waals surface area (Å²) in [7, 11) is 0. The second-order valence-corrected chi connectivity index (χ2v) is 6.01. The maximum absolute atomic E-state index is 12.3. The summed E-state index contributed by atoms with van der Waals surface area (Å²) in [5, 5.41) is 9.21. The number of hydrogen-bond acceptors (Lipinski definition) is 2. The molecule has 0 spiro atoms. The molecule has 2 rings (SSSR count). The second-order valence-electron chi connectivity index (χ2n) is 6.01. The van der Waals surface area contributed by atoms with Crippen LogP contribution in [-0.2, 0) is 9.59 Å². The Kier molecular flexibility index (Phi) is 4.79. The standard InChI is InChI=1S/C15H24O3/c16-14(10-11-6-2-1-3-7-11)12-8-4-5-9-13(12)15(17)18/h11-13H,1-10H2,(H,17,18). The molecule has 0 bridgehead atoms. The molecule has 3 heteroatoms. The minimum absolute atomic E-state index is 0.196. The van der Waals surface area contributed by atoms with E-state index >= 15 is 0 Å². The summed E-state index contributed by atoms with van der Waals surface area (Å²) in [4.78, 5) is 23.5. The zero-order valence-corrected chi connectivity index (χ0v) is 11.1. The van der Waals surface area contributed by atoms with E-state index in [1.54, 1.807) is 0 Å². The first-order valence-corrected chi connectivity index (χ1v) is 7.44. The summed E-state index contributed by atoms with van der Waals surface area (Å²) >= 11 is 0. The van der Waals surface area contributed by atoms with Gasteiger partial charge in [-0.15, -0.1) is 0 Å². The molecule has 2 atom stereocenters. The molecule has 0 aromatic rings. The van der Waals surface area contributed by atoms with Gasteiger partial charge in [-0.05, 0) is 18.8 Å². The minimum atomic E-state index is -0.767. The first-order chi connectivity index (χ1) is 8.68. The Morgan fingerprint density at radius 3 is 2.00 bits per heavy atom. The Labute approximate surface area is 109 Å². The fourth-order valence-electron chi connectivity index (χ4n) is 3.64. The largest absolute Gasteiger partial charge is 0.481 e. The Bertz CT molecular complexity index is 305. The molecule has 0 saturated heterocycles. The van der Waals surface area contributed by atoms with Crippen molar-refractivity contribution in [1.29, 1.82) is 0 Å². The molecule has 2 aliphatic rings. The fraction of sp³-hybridized carbons (Fsp3) is 0.867. The third-order valence-electron chi connectivity index (χ3n) is 4.71. The van der Waals surface area contributed by atoms with Gasteiger partial charge in [0, 0.05) is 12.3 Å². The van der Waals surface area contributed by atoms with Crippen molar-refractivity contribution in [2.24, 2.45) is 17.8 Å². The van der Waals surface area contributed by atoms with Gasteiger partial charge in [-0.1, -0.05) is 44.9 Å². The highest BCUT2D eigenvalue weighted by Crippen LogP contribution is 2.34. The maximum Gasteiger partial charge on any atom is 0.307 e. The van der Waals surface area contributed by atoms with Crippen LogP contribution in [0.4, 0.5) is 0 Å². The molecule has 2 saturated carbocycles. The van der Waals surface area contributed by atoms with Crippen molar-refractivity contribution < 1.29 is 14.7 Å². The van der Waals surface area contributed by atoms with Gasteiger partial charge in [0.05, 0.1) is 5.92 Å². The molecule has 0 aliphatic heterocycles. The molecule has 102 valence electrons. The van der Waals surface area contributed by atoms with E-state index in [2.05, 4.69) is 0 Å². The smallest absolute Gasteiger partial charge is 0.307 e. The summed E-state index contributed by atoms with van der Waals surface area (Å²) in [5.41, 5.74) is 0. The zero-order chi connectivity index (χ0) is 13.0. The fourth-order valence-corrected chi connectivity index (χ4v) is 3.64. The summed E-state index contributed by atoms with van der Waals surface area (Å²) in [6.07, 6.45) is 10.2. The highest BCUT2D eigenvalue weighted by Gasteiger charge is 2.36. The van der Waals surface area contributed by atoms with Crippen LogP contribution in [0.25, 0.3) is 0 Å². The van der Waals surface area contributed by atoms with Gasteiger partial charge in [0.25, 0.3) is 0 Å². The lowest BCUT2D eigenvalue weighted by Gasteiger charge is -2.29. The van der Waals surface area contributed by atoms with E-state index in [1.807, 2.05) is 0 Å². The predicted octanol–water partition coefficient (Wildman–Crippen LogP) is 3.42. The van der Waals surface area contributed by atoms with Crippen molar-refractivity contribution in [3.8, 4) is 0 Å². The number of carbonyl (C=O) groups excluding carboxylic acids is 1. The molecule has 0 heterocycles. The lowest BCUT2D eigenvalue weighted by Crippen LogP contribution is -2.33. The molecular formula is C15H24O3. The highest BCUT2D eigenvalue weighted by atomic mass is 16.4. The highest BCUT2D eigenvalue weighted by molar-refractivity contribution is 5.86. The number of carboxylic acid groups (broad SMARTS) is 1. The first kappa shape index (κ1) is 13.6. The Morgan fingerprint density at radius 2 is 1.39 bits per heavy atom. The Hall–Kier alpha value is -0.860. The van der Waals surface area contributed by atoms with Gasteiger partial charge in [-0.2, -0.15) is 0 Å². The SMILES string of the molecule is O=C(O)C1CCCCC1C(=O)CC1CCCCC1. The van der Waals surface area contributed by atoms with E-state index in [-0.39, 0.29) is 11.7 Å². The number of ketones is 1. The van der Waals surface area contributed by atoms with Crippen LogP contribution in [0.15, 0.2) is 0 Å². The van der Waals surface area contributed by atoms with E-state index in [1.165, 1.54) is 19.3 Å². The molecule has 0 amide bonds. The Balaban J connectivity index is 1.91. The van der Waals surface area contributed by atoms with E-state index in [4.69, 9.17) is 0 Å². The lowest BCUT2D eigenvalue weighted by atomic mass is 9.74. The van der Waals surface area contributed by atoms with E-state index < -0.39 is 11.9 Å². The average Bonchev–Trinajstić information content (AvgIpc) is 2.40. The van der Waals surface area contributed by atoms with Crippen molar-refractivity contribution in [1.82, 2.24) is 0 Å². The van der Waals surface area contributed by atoms with E-state index in [0.717, 1.165) is 32.1 Å². The summed E-state index contributed by atoms with van der Waals surface area (Å²) < 4.78 is 0. The normalized spacial score (nSPS) is 30.0. The van der Waals surface area contributed by atoms with Crippen LogP contribution >= 0.6 is 0 Å². The topological polar surface area (TPSA) is 54.4 Å². The number of Topliss-reactive ketones (excluding diaryl/α,β-unsaturated/α-hetero) is 1. The average molecular weight is 252 g/mol. The number of carbonyl (C=O) groups is 2. The van der Waals surface area contributed by atoms with Crippen LogP contribution in [0.2, 0.25) is 0 Å². The summed E-state index contributed by atoms with van der Waals surface area (Å²) in [6.45, 7) is 0. The zero-order valence-electron chi connectivity index (χ0n) is 11.1. The third-order valence-corrected chi connectivity index (χ3v) is 4.71. The Morgan fingerprint density at radius 1 is 0.833 bits per heavy atom. The van der Waals surface area contributed by atoms with Crippen LogP contribution in [0, 0.1) is 17.8 Å². The van der Waals surface area contributed by atoms with Gasteiger partial charge in [-0.25, -0.2) is 0 Å². The van der Waals surface area contributed by atoms with Crippen molar-refractivity contribution in [2.45, 2.75) is 64.2 Å². The number of aliphatic carboxylic acids is 1. The van der Waals surface area contributed by atoms with Crippen molar-refractivity contribution in [3.05, 3.63) is 0 Å². The van der Waals surface area contributed by atoms with Gasteiger partial charge in [0.15, 0.2) is 0 Å². The van der Waals surface area contributed by atoms with Crippen LogP contribution < -0.4 is 0 Å². The van der Waals surface area contributed by atoms with Gasteiger partial charge >= 0.3 is 5.97 Å². The minimum Gasteiger partial charge on any atom is -0.481 e. The molecule has 0 radical (unpaired) electrons. The second kappa shape index (κ2) is 6.35. The van der Waals surface area contributed by atoms with Crippen LogP contribution in [-0.4, -0.2) is 16.9 Å². The van der Waals surface area contributed by atoms with Gasteiger partial charge in [0.2, 0.25) is 0 Å². The molecule has 3 nitrogen and oxygen atoms in total. The number of carboxylic acids is 1. The van der Waals surface area contributed by atoms with Crippen molar-refractivity contribution in [2.75, 3.05) is 0 Å². The molecule has 0 aromatic heterocycles. The van der Waals surface area contributed by atoms with Gasteiger partial charge < -0.3 is 5.11 Å². The van der Waals surface area contributed by atoms with Crippen LogP contribution in [0.3, 0.4) is 0 Å². The van der Waals surface area contributed by atoms with Gasteiger partial charge in [0.1, 0.15) is 5.78 Å². The molecular weight excluding hydrogens is 228 g/mol. The monoisotopic (exact) mass is 252 g/mol. The van der Waals surface area contributed by atoms with Crippen LogP contribution in [0.1, 0.15) is 64.2 Å². The number of rotatable bonds is 4. The predicted molar refractivity (Wildman–Crippen MR) is 69.3 cm³/mol. The maximum atomic E-state index is 12.3. The molecule has 2 unspecified atom stereocenters. The van der Waals surface area contributed by atoms with Crippen molar-refractivity contribution in [3.63, 3.8) is 0 Å². The summed E-state index contributed by atoms with van der Waals surface area (Å²) in [5.74, 6) is -0.610. The number of hydrogen-bond donors (Lipinski definition) is 1.